The van der Waals surface area contributed by atoms with Gasteiger partial charge in [0.1, 0.15) is 5.82 Å². The lowest BCUT2D eigenvalue weighted by atomic mass is 10.1. The van der Waals surface area contributed by atoms with Crippen LogP contribution in [-0.4, -0.2) is 21.6 Å². The number of imidazole rings is 1. The zero-order chi connectivity index (χ0) is 19.5. The number of hydrogen-bond acceptors (Lipinski definition) is 3. The molecule has 28 heavy (non-hydrogen) atoms. The number of nitrogens with zero attached hydrogens (tertiary/aromatic N) is 2. The van der Waals surface area contributed by atoms with Crippen molar-refractivity contribution in [2.75, 3.05) is 5.32 Å². The number of aromatic nitrogens is 2. The van der Waals surface area contributed by atoms with Crippen molar-refractivity contribution in [3.05, 3.63) is 66.4 Å². The summed E-state index contributed by atoms with van der Waals surface area (Å²) in [6.07, 6.45) is 4.48. The molecule has 1 atom stereocenters. The first-order chi connectivity index (χ1) is 13.6. The predicted octanol–water partition coefficient (Wildman–Crippen LogP) is 4.43. The van der Waals surface area contributed by atoms with Crippen LogP contribution in [0.5, 0.6) is 5.75 Å². The summed E-state index contributed by atoms with van der Waals surface area (Å²) in [5.74, 6) is 0.296. The van der Waals surface area contributed by atoms with Gasteiger partial charge in [0.25, 0.3) is 5.91 Å². The van der Waals surface area contributed by atoms with Crippen molar-refractivity contribution in [3.63, 3.8) is 0 Å². The molecule has 1 N–H and O–H groups in total. The first-order valence-electron chi connectivity index (χ1n) is 9.49. The van der Waals surface area contributed by atoms with E-state index < -0.39 is 11.9 Å². The van der Waals surface area contributed by atoms with Gasteiger partial charge in [0.15, 0.2) is 17.7 Å². The first kappa shape index (κ1) is 18.2. The van der Waals surface area contributed by atoms with Gasteiger partial charge in [0.05, 0.1) is 11.4 Å². The number of nitrogens with one attached hydrogen (secondary N) is 1. The molecule has 0 bridgehead atoms. The van der Waals surface area contributed by atoms with Gasteiger partial charge in [0.2, 0.25) is 0 Å². The van der Waals surface area contributed by atoms with Crippen LogP contribution in [0.2, 0.25) is 0 Å². The second-order valence-corrected chi connectivity index (χ2v) is 6.92. The molecule has 3 aromatic rings. The third-order valence-corrected chi connectivity index (χ3v) is 4.88. The van der Waals surface area contributed by atoms with Crippen molar-refractivity contribution in [2.24, 2.45) is 0 Å². The van der Waals surface area contributed by atoms with Crippen molar-refractivity contribution in [3.8, 4) is 17.0 Å². The number of aryl methyl sites for hydroxylation is 2. The lowest BCUT2D eigenvalue weighted by Crippen LogP contribution is -2.30. The summed E-state index contributed by atoms with van der Waals surface area (Å²) in [4.78, 5) is 17.4. The van der Waals surface area contributed by atoms with E-state index in [9.17, 15) is 9.18 Å². The quantitative estimate of drug-likeness (QED) is 0.713. The van der Waals surface area contributed by atoms with Crippen LogP contribution in [0.1, 0.15) is 25.6 Å². The molecule has 1 amide bonds. The van der Waals surface area contributed by atoms with E-state index in [1.54, 1.807) is 19.1 Å². The number of carbonyl (C=O) groups excluding carboxylic acids is 1. The molecule has 2 aromatic carbocycles. The standard InChI is InChI=1S/C22H22FN3O2/c1-15(28-20-11-5-3-9-17(20)23)22(27)25-18-10-4-2-8-16(18)19-14-26-13-7-6-12-21(26)24-19/h2-5,8-11,14-15H,6-7,12-13H2,1H3,(H,25,27)/t15-/m0/s1. The maximum Gasteiger partial charge on any atom is 0.265 e. The first-order valence-corrected chi connectivity index (χ1v) is 9.49. The van der Waals surface area contributed by atoms with E-state index in [-0.39, 0.29) is 11.7 Å². The van der Waals surface area contributed by atoms with E-state index in [2.05, 4.69) is 9.88 Å². The molecule has 1 aliphatic rings. The molecule has 2 heterocycles. The molecular formula is C22H22FN3O2. The number of ether oxygens (including phenoxy) is 1. The average Bonchev–Trinajstić information content (AvgIpc) is 3.14. The monoisotopic (exact) mass is 379 g/mol. The summed E-state index contributed by atoms with van der Waals surface area (Å²) in [7, 11) is 0. The molecule has 0 saturated heterocycles. The molecule has 4 rings (SSSR count). The van der Waals surface area contributed by atoms with Crippen LogP contribution in [0, 0.1) is 5.82 Å². The third-order valence-electron chi connectivity index (χ3n) is 4.88. The van der Waals surface area contributed by atoms with Crippen molar-refractivity contribution in [1.29, 1.82) is 0 Å². The lowest BCUT2D eigenvalue weighted by Gasteiger charge is -2.16. The molecule has 1 aromatic heterocycles. The number of halogens is 1. The molecule has 6 heteroatoms. The third kappa shape index (κ3) is 3.76. The smallest absolute Gasteiger partial charge is 0.265 e. The normalized spacial score (nSPS) is 14.2. The summed E-state index contributed by atoms with van der Waals surface area (Å²) in [6.45, 7) is 2.57. The van der Waals surface area contributed by atoms with E-state index in [0.717, 1.165) is 42.9 Å². The van der Waals surface area contributed by atoms with Gasteiger partial charge in [-0.1, -0.05) is 30.3 Å². The Morgan fingerprint density at radius 1 is 1.18 bits per heavy atom. The number of benzene rings is 2. The number of carbonyl (C=O) groups is 1. The number of amides is 1. The highest BCUT2D eigenvalue weighted by Gasteiger charge is 2.20. The van der Waals surface area contributed by atoms with Gasteiger partial charge in [-0.05, 0) is 38.0 Å². The van der Waals surface area contributed by atoms with Crippen LogP contribution in [0.25, 0.3) is 11.3 Å². The molecule has 0 saturated carbocycles. The van der Waals surface area contributed by atoms with E-state index in [1.165, 1.54) is 12.1 Å². The zero-order valence-electron chi connectivity index (χ0n) is 15.7. The maximum absolute atomic E-state index is 13.8. The second-order valence-electron chi connectivity index (χ2n) is 6.92. The molecule has 5 nitrogen and oxygen atoms in total. The minimum absolute atomic E-state index is 0.0558. The Labute approximate surface area is 163 Å². The Bertz CT molecular complexity index is 975. The largest absolute Gasteiger partial charge is 0.478 e. The minimum atomic E-state index is -0.847. The van der Waals surface area contributed by atoms with E-state index >= 15 is 0 Å². The van der Waals surface area contributed by atoms with Gasteiger partial charge in [-0.15, -0.1) is 0 Å². The number of para-hydroxylation sites is 2. The molecule has 0 unspecified atom stereocenters. The van der Waals surface area contributed by atoms with Gasteiger partial charge in [-0.3, -0.25) is 4.79 Å². The number of anilines is 1. The number of fused-ring (bicyclic) bond motifs is 1. The van der Waals surface area contributed by atoms with Crippen LogP contribution < -0.4 is 10.1 Å². The number of hydrogen-bond donors (Lipinski definition) is 1. The summed E-state index contributed by atoms with van der Waals surface area (Å²) in [5.41, 5.74) is 2.36. The van der Waals surface area contributed by atoms with Gasteiger partial charge < -0.3 is 14.6 Å². The Balaban J connectivity index is 1.53. The zero-order valence-corrected chi connectivity index (χ0v) is 15.7. The molecule has 144 valence electrons. The van der Waals surface area contributed by atoms with Crippen LogP contribution in [0.15, 0.2) is 54.7 Å². The molecule has 0 fully saturated rings. The highest BCUT2D eigenvalue weighted by Crippen LogP contribution is 2.29. The summed E-state index contributed by atoms with van der Waals surface area (Å²) in [6, 6.07) is 13.6. The van der Waals surface area contributed by atoms with Gasteiger partial charge >= 0.3 is 0 Å². The molecular weight excluding hydrogens is 357 g/mol. The summed E-state index contributed by atoms with van der Waals surface area (Å²) >= 11 is 0. The highest BCUT2D eigenvalue weighted by molar-refractivity contribution is 5.97. The van der Waals surface area contributed by atoms with E-state index in [0.29, 0.717) is 5.69 Å². The summed E-state index contributed by atoms with van der Waals surface area (Å²) < 4.78 is 21.4. The van der Waals surface area contributed by atoms with Crippen molar-refractivity contribution in [1.82, 2.24) is 9.55 Å². The second kappa shape index (κ2) is 7.84. The highest BCUT2D eigenvalue weighted by atomic mass is 19.1. The topological polar surface area (TPSA) is 56.1 Å². The SMILES string of the molecule is C[C@H](Oc1ccccc1F)C(=O)Nc1ccccc1-c1cn2c(n1)CCCC2. The van der Waals surface area contributed by atoms with Crippen molar-refractivity contribution in [2.45, 2.75) is 38.8 Å². The molecule has 1 aliphatic heterocycles. The Hall–Kier alpha value is -3.15. The minimum Gasteiger partial charge on any atom is -0.478 e. The average molecular weight is 379 g/mol. The molecule has 0 aliphatic carbocycles. The van der Waals surface area contributed by atoms with E-state index in [4.69, 9.17) is 9.72 Å². The maximum atomic E-state index is 13.8. The lowest BCUT2D eigenvalue weighted by molar-refractivity contribution is -0.122. The van der Waals surface area contributed by atoms with Gasteiger partial charge in [0, 0.05) is 24.7 Å². The fourth-order valence-electron chi connectivity index (χ4n) is 3.38. The van der Waals surface area contributed by atoms with Crippen LogP contribution >= 0.6 is 0 Å². The Kier molecular flexibility index (Phi) is 5.10. The fourth-order valence-corrected chi connectivity index (χ4v) is 3.38. The fraction of sp³-hybridized carbons (Fsp3) is 0.273. The Morgan fingerprint density at radius 2 is 1.96 bits per heavy atom. The van der Waals surface area contributed by atoms with Crippen LogP contribution in [-0.2, 0) is 17.8 Å². The van der Waals surface area contributed by atoms with Crippen LogP contribution in [0.3, 0.4) is 0 Å². The Morgan fingerprint density at radius 3 is 2.79 bits per heavy atom. The van der Waals surface area contributed by atoms with Gasteiger partial charge in [-0.2, -0.15) is 0 Å². The summed E-state index contributed by atoms with van der Waals surface area (Å²) in [5, 5.41) is 2.89. The van der Waals surface area contributed by atoms with Crippen LogP contribution in [0.4, 0.5) is 10.1 Å². The van der Waals surface area contributed by atoms with Crippen molar-refractivity contribution >= 4 is 11.6 Å². The van der Waals surface area contributed by atoms with E-state index in [1.807, 2.05) is 30.5 Å². The predicted molar refractivity (Wildman–Crippen MR) is 106 cm³/mol. The van der Waals surface area contributed by atoms with Gasteiger partial charge in [-0.25, -0.2) is 9.37 Å². The van der Waals surface area contributed by atoms with Crippen molar-refractivity contribution < 1.29 is 13.9 Å². The molecule has 0 radical (unpaired) electrons. The molecule has 0 spiro atoms. The number of rotatable bonds is 5.